The summed E-state index contributed by atoms with van der Waals surface area (Å²) in [5, 5.41) is 3.39. The second-order valence-electron chi connectivity index (χ2n) is 2.57. The number of nitrogens with one attached hydrogen (secondary N) is 1. The third kappa shape index (κ3) is 8.86. The molecule has 0 saturated heterocycles. The molecule has 2 aromatic rings. The lowest BCUT2D eigenvalue weighted by Gasteiger charge is -1.68. The third-order valence-corrected chi connectivity index (χ3v) is 1.40. The lowest BCUT2D eigenvalue weighted by atomic mass is 10.4. The van der Waals surface area contributed by atoms with Gasteiger partial charge in [0.15, 0.2) is 18.4 Å². The number of carbonyl (C=O) groups is 4. The maximum Gasteiger partial charge on any atom is 0.185 e. The van der Waals surface area contributed by atoms with Crippen LogP contribution in [0, 0.1) is 6.92 Å². The molecule has 2 heterocycles. The maximum atomic E-state index is 9.90. The Kier molecular flexibility index (Phi) is 12.8. The Morgan fingerprint density at radius 2 is 1.84 bits per heavy atom. The molecule has 0 bridgehead atoms. The van der Waals surface area contributed by atoms with E-state index in [-0.39, 0.29) is 0 Å². The first kappa shape index (κ1) is 18.5. The summed E-state index contributed by atoms with van der Waals surface area (Å²) in [5.74, 6) is 1.03. The van der Waals surface area contributed by atoms with Crippen molar-refractivity contribution in [3.63, 3.8) is 0 Å². The Balaban J connectivity index is 0. The van der Waals surface area contributed by atoms with Gasteiger partial charge in [0.1, 0.15) is 25.0 Å². The molecule has 0 aliphatic carbocycles. The summed E-state index contributed by atoms with van der Waals surface area (Å²) >= 11 is 0. The van der Waals surface area contributed by atoms with E-state index in [1.165, 1.54) is 6.20 Å². The summed E-state index contributed by atoms with van der Waals surface area (Å²) in [4.78, 5) is 41.9. The summed E-state index contributed by atoms with van der Waals surface area (Å²) < 4.78 is 4.57. The van der Waals surface area contributed by atoms with Gasteiger partial charge in [0.25, 0.3) is 0 Å². The fraction of sp³-hybridized carbons (Fsp3) is 0.0909. The number of H-pyrrole nitrogens is 1. The van der Waals surface area contributed by atoms with Crippen LogP contribution in [-0.2, 0) is 9.59 Å². The maximum absolute atomic E-state index is 9.90. The average Bonchev–Trinajstić information content (AvgIpc) is 3.14. The SMILES string of the molecule is C=O.C=O.Cc1cc(C=O)no1.O=Cc1ncc[nH]1. The van der Waals surface area contributed by atoms with Crippen molar-refractivity contribution in [2.45, 2.75) is 6.92 Å². The topological polar surface area (TPSA) is 123 Å². The van der Waals surface area contributed by atoms with Crippen molar-refractivity contribution < 1.29 is 23.7 Å². The molecule has 0 spiro atoms. The van der Waals surface area contributed by atoms with Crippen LogP contribution in [0.15, 0.2) is 23.0 Å². The summed E-state index contributed by atoms with van der Waals surface area (Å²) in [7, 11) is 0. The molecule has 8 nitrogen and oxygen atoms in total. The summed E-state index contributed by atoms with van der Waals surface area (Å²) in [6.07, 6.45) is 4.45. The van der Waals surface area contributed by atoms with Crippen LogP contribution in [0.4, 0.5) is 0 Å². The van der Waals surface area contributed by atoms with Crippen LogP contribution in [0.3, 0.4) is 0 Å². The molecule has 2 aromatic heterocycles. The predicted molar refractivity (Wildman–Crippen MR) is 64.8 cm³/mol. The van der Waals surface area contributed by atoms with Gasteiger partial charge in [0.05, 0.1) is 0 Å². The Morgan fingerprint density at radius 1 is 1.21 bits per heavy atom. The first-order valence-electron chi connectivity index (χ1n) is 4.67. The van der Waals surface area contributed by atoms with E-state index in [9.17, 15) is 9.59 Å². The van der Waals surface area contributed by atoms with E-state index in [4.69, 9.17) is 9.59 Å². The molecule has 0 aromatic carbocycles. The lowest BCUT2D eigenvalue weighted by Crippen LogP contribution is -1.78. The van der Waals surface area contributed by atoms with Gasteiger partial charge in [-0.05, 0) is 6.92 Å². The van der Waals surface area contributed by atoms with Gasteiger partial charge >= 0.3 is 0 Å². The van der Waals surface area contributed by atoms with Gasteiger partial charge < -0.3 is 19.1 Å². The molecule has 102 valence electrons. The zero-order valence-corrected chi connectivity index (χ0v) is 10.2. The van der Waals surface area contributed by atoms with E-state index in [1.807, 2.05) is 13.6 Å². The summed E-state index contributed by atoms with van der Waals surface area (Å²) in [5.41, 5.74) is 0.350. The predicted octanol–water partition coefficient (Wildman–Crippen LogP) is 0.648. The van der Waals surface area contributed by atoms with E-state index >= 15 is 0 Å². The first-order chi connectivity index (χ1) is 9.26. The van der Waals surface area contributed by atoms with Gasteiger partial charge in [-0.1, -0.05) is 5.16 Å². The summed E-state index contributed by atoms with van der Waals surface area (Å²) in [6, 6.07) is 1.58. The molecule has 19 heavy (non-hydrogen) atoms. The Morgan fingerprint density at radius 3 is 2.05 bits per heavy atom. The molecule has 0 fully saturated rings. The smallest absolute Gasteiger partial charge is 0.185 e. The standard InChI is InChI=1S/C5H5NO2.C4H4N2O.2CH2O/c1-4-2-5(3-7)6-8-4;7-3-4-5-1-2-6-4;2*1-2/h2-3H,1H3;1-3H,(H,5,6);2*1H2. The van der Waals surface area contributed by atoms with Gasteiger partial charge in [0, 0.05) is 18.5 Å². The van der Waals surface area contributed by atoms with E-state index in [0.717, 1.165) is 0 Å². The van der Waals surface area contributed by atoms with Crippen molar-refractivity contribution in [1.82, 2.24) is 15.1 Å². The normalized spacial score (nSPS) is 7.42. The number of nitrogens with zero attached hydrogens (tertiary/aromatic N) is 2. The van der Waals surface area contributed by atoms with Gasteiger partial charge in [-0.2, -0.15) is 0 Å². The van der Waals surface area contributed by atoms with Crippen LogP contribution >= 0.6 is 0 Å². The second kappa shape index (κ2) is 13.2. The minimum Gasteiger partial charge on any atom is -0.361 e. The summed E-state index contributed by atoms with van der Waals surface area (Å²) in [6.45, 7) is 5.74. The Hall–Kier alpha value is -2.90. The van der Waals surface area contributed by atoms with Gasteiger partial charge in [-0.25, -0.2) is 4.98 Å². The number of aromatic nitrogens is 3. The third-order valence-electron chi connectivity index (χ3n) is 1.40. The molecule has 0 atom stereocenters. The number of rotatable bonds is 2. The molecule has 0 aliphatic heterocycles. The molecule has 0 unspecified atom stereocenters. The number of hydrogen-bond donors (Lipinski definition) is 1. The van der Waals surface area contributed by atoms with Crippen LogP contribution in [0.1, 0.15) is 26.9 Å². The lowest BCUT2D eigenvalue weighted by molar-refractivity contribution is -0.0987. The quantitative estimate of drug-likeness (QED) is 0.792. The molecule has 0 aliphatic rings. The fourth-order valence-electron chi connectivity index (χ4n) is 0.783. The molecule has 2 rings (SSSR count). The number of imidazole rings is 1. The average molecular weight is 267 g/mol. The van der Waals surface area contributed by atoms with Crippen LogP contribution in [-0.4, -0.2) is 41.3 Å². The minimum absolute atomic E-state index is 0.350. The van der Waals surface area contributed by atoms with Crippen molar-refractivity contribution in [2.24, 2.45) is 0 Å². The molecule has 0 radical (unpaired) electrons. The number of aldehydes is 2. The molecule has 0 amide bonds. The van der Waals surface area contributed by atoms with E-state index in [2.05, 4.69) is 19.6 Å². The molecule has 8 heteroatoms. The number of hydrogen-bond acceptors (Lipinski definition) is 7. The molecule has 0 saturated carbocycles. The number of aryl methyl sites for hydroxylation is 1. The highest BCUT2D eigenvalue weighted by Crippen LogP contribution is 1.96. The van der Waals surface area contributed by atoms with E-state index in [1.54, 1.807) is 19.2 Å². The van der Waals surface area contributed by atoms with Crippen LogP contribution in [0.5, 0.6) is 0 Å². The van der Waals surface area contributed by atoms with Gasteiger partial charge in [-0.15, -0.1) is 0 Å². The van der Waals surface area contributed by atoms with Crippen molar-refractivity contribution >= 4 is 26.2 Å². The molecular weight excluding hydrogens is 254 g/mol. The van der Waals surface area contributed by atoms with Crippen molar-refractivity contribution in [3.05, 3.63) is 35.7 Å². The minimum atomic E-state index is 0.350. The zero-order chi connectivity index (χ0) is 15.1. The first-order valence-corrected chi connectivity index (χ1v) is 4.67. The highest BCUT2D eigenvalue weighted by molar-refractivity contribution is 5.71. The van der Waals surface area contributed by atoms with E-state index < -0.39 is 0 Å². The van der Waals surface area contributed by atoms with Crippen LogP contribution in [0.25, 0.3) is 0 Å². The number of carbonyl (C=O) groups excluding carboxylic acids is 4. The highest BCUT2D eigenvalue weighted by Gasteiger charge is 1.94. The largest absolute Gasteiger partial charge is 0.361 e. The van der Waals surface area contributed by atoms with Gasteiger partial charge in [-0.3, -0.25) is 9.59 Å². The number of aromatic amines is 1. The molecular formula is C11H13N3O5. The Bertz CT molecular complexity index is 451. The monoisotopic (exact) mass is 267 g/mol. The highest BCUT2D eigenvalue weighted by atomic mass is 16.5. The van der Waals surface area contributed by atoms with E-state index in [0.29, 0.717) is 29.9 Å². The Labute approximate surface area is 108 Å². The van der Waals surface area contributed by atoms with Crippen molar-refractivity contribution in [3.8, 4) is 0 Å². The van der Waals surface area contributed by atoms with Gasteiger partial charge in [0.2, 0.25) is 0 Å². The molecule has 1 N–H and O–H groups in total. The van der Waals surface area contributed by atoms with Crippen molar-refractivity contribution in [1.29, 1.82) is 0 Å². The van der Waals surface area contributed by atoms with Crippen LogP contribution in [0.2, 0.25) is 0 Å². The zero-order valence-electron chi connectivity index (χ0n) is 10.2. The fourth-order valence-corrected chi connectivity index (χ4v) is 0.783. The van der Waals surface area contributed by atoms with Crippen molar-refractivity contribution in [2.75, 3.05) is 0 Å². The second-order valence-corrected chi connectivity index (χ2v) is 2.57. The van der Waals surface area contributed by atoms with Crippen LogP contribution < -0.4 is 0 Å².